The van der Waals surface area contributed by atoms with Gasteiger partial charge in [-0.1, -0.05) is 23.5 Å². The number of carbonyl (C=O) groups excluding carboxylic acids is 1. The highest BCUT2D eigenvalue weighted by atomic mass is 32.1. The van der Waals surface area contributed by atoms with Gasteiger partial charge in [0, 0.05) is 30.6 Å². The molecule has 1 aliphatic rings. The summed E-state index contributed by atoms with van der Waals surface area (Å²) in [4.78, 5) is 20.4. The summed E-state index contributed by atoms with van der Waals surface area (Å²) in [6.07, 6.45) is -2.58. The van der Waals surface area contributed by atoms with Crippen LogP contribution in [0, 0.1) is 5.82 Å². The SMILES string of the molecule is CC(C)(C)OC(=O)N1CCN(c2nc(O)c(C(=Cc3ccc(F)cc3C(F)(F)F)c3ccc4[nH]ncc4c3)s2)C[C@@H]1CO. The fourth-order valence-electron chi connectivity index (χ4n) is 4.80. The molecule has 1 atom stereocenters. The number of piperazine rings is 1. The number of nitrogens with zero attached hydrogens (tertiary/aromatic N) is 4. The standard InChI is InChI=1S/C29H29F4N5O4S/c1-28(2,3)42-27(41)38-9-8-37(14-20(38)15-39)26-35-25(40)24(43-26)21(16-5-7-23-18(10-16)13-34-36-23)11-17-4-6-19(30)12-22(17)29(31,32)33/h4-7,10-13,20,39-40H,8-9,14-15H2,1-3H3,(H,34,36)/t20-/m1/s1. The molecule has 0 saturated carbocycles. The summed E-state index contributed by atoms with van der Waals surface area (Å²) in [5.41, 5.74) is -0.775. The lowest BCUT2D eigenvalue weighted by molar-refractivity contribution is -0.137. The lowest BCUT2D eigenvalue weighted by atomic mass is 9.97. The summed E-state index contributed by atoms with van der Waals surface area (Å²) in [6.45, 7) is 5.58. The first-order valence-electron chi connectivity index (χ1n) is 13.3. The topological polar surface area (TPSA) is 115 Å². The minimum Gasteiger partial charge on any atom is -0.492 e. The Morgan fingerprint density at radius 1 is 1.19 bits per heavy atom. The van der Waals surface area contributed by atoms with E-state index in [2.05, 4.69) is 15.2 Å². The largest absolute Gasteiger partial charge is 0.492 e. The molecule has 5 rings (SSSR count). The molecule has 1 aliphatic heterocycles. The van der Waals surface area contributed by atoms with Gasteiger partial charge in [0.15, 0.2) is 5.13 Å². The zero-order valence-corrected chi connectivity index (χ0v) is 24.3. The number of hydrogen-bond donors (Lipinski definition) is 3. The third-order valence-corrected chi connectivity index (χ3v) is 7.95. The first kappa shape index (κ1) is 30.3. The molecule has 3 heterocycles. The van der Waals surface area contributed by atoms with Crippen LogP contribution in [0.15, 0.2) is 42.6 Å². The maximum atomic E-state index is 13.9. The van der Waals surface area contributed by atoms with Gasteiger partial charge >= 0.3 is 12.3 Å². The molecular weight excluding hydrogens is 590 g/mol. The minimum atomic E-state index is -4.83. The van der Waals surface area contributed by atoms with Gasteiger partial charge in [-0.3, -0.25) is 10.00 Å². The van der Waals surface area contributed by atoms with Crippen molar-refractivity contribution in [3.63, 3.8) is 0 Å². The number of amides is 1. The Hall–Kier alpha value is -4.17. The van der Waals surface area contributed by atoms with E-state index in [-0.39, 0.29) is 35.7 Å². The molecule has 4 aromatic rings. The van der Waals surface area contributed by atoms with Crippen LogP contribution in [0.1, 0.15) is 42.3 Å². The number of hydrogen-bond acceptors (Lipinski definition) is 8. The zero-order chi connectivity index (χ0) is 31.1. The Bertz CT molecular complexity index is 1680. The van der Waals surface area contributed by atoms with Gasteiger partial charge < -0.3 is 19.8 Å². The number of halogens is 4. The van der Waals surface area contributed by atoms with E-state index in [4.69, 9.17) is 4.74 Å². The van der Waals surface area contributed by atoms with E-state index in [1.807, 2.05) is 0 Å². The van der Waals surface area contributed by atoms with E-state index >= 15 is 0 Å². The van der Waals surface area contributed by atoms with E-state index in [1.54, 1.807) is 50.1 Å². The van der Waals surface area contributed by atoms with Crippen LogP contribution in [0.4, 0.5) is 27.5 Å². The number of ether oxygens (including phenoxy) is 1. The van der Waals surface area contributed by atoms with Gasteiger partial charge in [0.25, 0.3) is 0 Å². The van der Waals surface area contributed by atoms with Gasteiger partial charge in [0.2, 0.25) is 5.88 Å². The van der Waals surface area contributed by atoms with Crippen molar-refractivity contribution in [2.75, 3.05) is 31.1 Å². The highest BCUT2D eigenvalue weighted by Gasteiger charge is 2.36. The highest BCUT2D eigenvalue weighted by molar-refractivity contribution is 7.17. The molecule has 1 fully saturated rings. The molecule has 0 bridgehead atoms. The number of nitrogens with one attached hydrogen (secondary N) is 1. The second-order valence-corrected chi connectivity index (χ2v) is 12.0. The molecule has 0 radical (unpaired) electrons. The summed E-state index contributed by atoms with van der Waals surface area (Å²) in [5.74, 6) is -1.44. The molecule has 3 N–H and O–H groups in total. The number of benzene rings is 2. The third-order valence-electron chi connectivity index (χ3n) is 6.81. The maximum absolute atomic E-state index is 13.9. The van der Waals surface area contributed by atoms with Gasteiger partial charge in [0.05, 0.1) is 29.9 Å². The molecular formula is C29H29F4N5O4S. The number of aromatic hydroxyl groups is 1. The number of aromatic nitrogens is 3. The average Bonchev–Trinajstić information content (AvgIpc) is 3.56. The number of anilines is 1. The lowest BCUT2D eigenvalue weighted by Gasteiger charge is -2.40. The van der Waals surface area contributed by atoms with Gasteiger partial charge in [-0.15, -0.1) is 0 Å². The lowest BCUT2D eigenvalue weighted by Crippen LogP contribution is -2.57. The predicted octanol–water partition coefficient (Wildman–Crippen LogP) is 5.89. The quantitative estimate of drug-likeness (QED) is 0.189. The molecule has 0 unspecified atom stereocenters. The summed E-state index contributed by atoms with van der Waals surface area (Å²) in [7, 11) is 0. The van der Waals surface area contributed by atoms with Gasteiger partial charge in [0.1, 0.15) is 16.3 Å². The van der Waals surface area contributed by atoms with Crippen LogP contribution in [0.2, 0.25) is 0 Å². The van der Waals surface area contributed by atoms with Crippen molar-refractivity contribution >= 4 is 45.1 Å². The second kappa shape index (κ2) is 11.5. The number of aliphatic hydroxyl groups is 1. The Morgan fingerprint density at radius 2 is 1.95 bits per heavy atom. The molecule has 2 aromatic heterocycles. The summed E-state index contributed by atoms with van der Waals surface area (Å²) in [6, 6.07) is 6.88. The van der Waals surface area contributed by atoms with Crippen molar-refractivity contribution < 1.29 is 37.3 Å². The van der Waals surface area contributed by atoms with Crippen molar-refractivity contribution in [2.45, 2.75) is 38.6 Å². The van der Waals surface area contributed by atoms with Gasteiger partial charge in [-0.25, -0.2) is 9.18 Å². The van der Waals surface area contributed by atoms with Crippen LogP contribution >= 0.6 is 11.3 Å². The number of alkyl halides is 3. The van der Waals surface area contributed by atoms with Crippen LogP contribution in [0.5, 0.6) is 5.88 Å². The zero-order valence-electron chi connectivity index (χ0n) is 23.4. The fourth-order valence-corrected chi connectivity index (χ4v) is 5.84. The van der Waals surface area contributed by atoms with Crippen molar-refractivity contribution in [1.82, 2.24) is 20.1 Å². The van der Waals surface area contributed by atoms with Crippen LogP contribution in [-0.2, 0) is 10.9 Å². The number of H-pyrrole nitrogens is 1. The number of fused-ring (bicyclic) bond motifs is 1. The highest BCUT2D eigenvalue weighted by Crippen LogP contribution is 2.42. The maximum Gasteiger partial charge on any atom is 0.417 e. The Kier molecular flexibility index (Phi) is 8.09. The molecule has 1 saturated heterocycles. The number of rotatable bonds is 5. The number of thiazole rings is 1. The molecule has 0 spiro atoms. The van der Waals surface area contributed by atoms with E-state index in [0.717, 1.165) is 23.5 Å². The minimum absolute atomic E-state index is 0.179. The first-order chi connectivity index (χ1) is 20.2. The van der Waals surface area contributed by atoms with Gasteiger partial charge in [-0.2, -0.15) is 23.3 Å². The van der Waals surface area contributed by atoms with Crippen LogP contribution < -0.4 is 4.90 Å². The fraction of sp³-hybridized carbons (Fsp3) is 0.345. The third kappa shape index (κ3) is 6.59. The molecule has 1 amide bonds. The first-order valence-corrected chi connectivity index (χ1v) is 14.1. The van der Waals surface area contributed by atoms with Crippen molar-refractivity contribution in [2.24, 2.45) is 0 Å². The van der Waals surface area contributed by atoms with Crippen LogP contribution in [-0.4, -0.2) is 74.3 Å². The number of aromatic amines is 1. The van der Waals surface area contributed by atoms with E-state index in [1.165, 1.54) is 11.0 Å². The predicted molar refractivity (Wildman–Crippen MR) is 154 cm³/mol. The van der Waals surface area contributed by atoms with Crippen molar-refractivity contribution in [1.29, 1.82) is 0 Å². The van der Waals surface area contributed by atoms with Crippen molar-refractivity contribution in [3.05, 3.63) is 70.0 Å². The van der Waals surface area contributed by atoms with E-state index in [9.17, 15) is 32.6 Å². The van der Waals surface area contributed by atoms with Gasteiger partial charge in [-0.05, 0) is 62.2 Å². The molecule has 228 valence electrons. The average molecular weight is 620 g/mol. The van der Waals surface area contributed by atoms with Crippen LogP contribution in [0.3, 0.4) is 0 Å². The van der Waals surface area contributed by atoms with Crippen LogP contribution in [0.25, 0.3) is 22.6 Å². The molecule has 9 nitrogen and oxygen atoms in total. The van der Waals surface area contributed by atoms with E-state index < -0.39 is 41.2 Å². The smallest absolute Gasteiger partial charge is 0.417 e. The molecule has 0 aliphatic carbocycles. The summed E-state index contributed by atoms with van der Waals surface area (Å²) < 4.78 is 61.0. The van der Waals surface area contributed by atoms with Crippen molar-refractivity contribution in [3.8, 4) is 5.88 Å². The summed E-state index contributed by atoms with van der Waals surface area (Å²) >= 11 is 1.05. The Balaban J connectivity index is 1.54. The Morgan fingerprint density at radius 3 is 2.65 bits per heavy atom. The van der Waals surface area contributed by atoms with E-state index in [0.29, 0.717) is 34.2 Å². The molecule has 2 aromatic carbocycles. The number of carbonyl (C=O) groups is 1. The monoisotopic (exact) mass is 619 g/mol. The summed E-state index contributed by atoms with van der Waals surface area (Å²) in [5, 5.41) is 28.9. The second-order valence-electron chi connectivity index (χ2n) is 11.1. The molecule has 43 heavy (non-hydrogen) atoms. The Labute approximate surface area is 248 Å². The normalized spacial score (nSPS) is 16.7. The number of aliphatic hydroxyl groups excluding tert-OH is 1. The molecule has 14 heteroatoms.